The fourth-order valence-corrected chi connectivity index (χ4v) is 5.08. The smallest absolute Gasteiger partial charge is 0.260 e. The normalized spacial score (nSPS) is 37.4. The number of rotatable bonds is 1. The highest BCUT2D eigenvalue weighted by molar-refractivity contribution is 7.83. The van der Waals surface area contributed by atoms with Crippen molar-refractivity contribution < 1.29 is 19.1 Å². The van der Waals surface area contributed by atoms with Gasteiger partial charge in [-0.3, -0.25) is 9.59 Å². The summed E-state index contributed by atoms with van der Waals surface area (Å²) in [6, 6.07) is 6.93. The second-order valence-electron chi connectivity index (χ2n) is 7.60. The van der Waals surface area contributed by atoms with E-state index in [9.17, 15) is 14.9 Å². The van der Waals surface area contributed by atoms with Gasteiger partial charge in [-0.2, -0.15) is 5.26 Å². The molecule has 7 nitrogen and oxygen atoms in total. The number of piperazine rings is 1. The van der Waals surface area contributed by atoms with E-state index in [0.717, 1.165) is 0 Å². The Labute approximate surface area is 168 Å². The molecule has 2 fully saturated rings. The van der Waals surface area contributed by atoms with Gasteiger partial charge in [0.25, 0.3) is 11.8 Å². The van der Waals surface area contributed by atoms with Crippen molar-refractivity contribution in [3.8, 4) is 17.6 Å². The van der Waals surface area contributed by atoms with Crippen LogP contribution >= 0.6 is 25.3 Å². The van der Waals surface area contributed by atoms with Crippen LogP contribution in [0.2, 0.25) is 0 Å². The number of carbonyl (C=O) groups excluding carboxylic acids is 2. The fourth-order valence-electron chi connectivity index (χ4n) is 4.20. The lowest BCUT2D eigenvalue weighted by Crippen LogP contribution is -2.69. The summed E-state index contributed by atoms with van der Waals surface area (Å²) < 4.78 is 10.8. The molecule has 9 heteroatoms. The molecule has 0 aromatic heterocycles. The predicted molar refractivity (Wildman–Crippen MR) is 102 cm³/mol. The average Bonchev–Trinajstić information content (AvgIpc) is 3.19. The minimum atomic E-state index is -1.42. The Bertz CT molecular complexity index is 914. The molecule has 1 aromatic rings. The van der Waals surface area contributed by atoms with Gasteiger partial charge in [-0.05, 0) is 31.5 Å². The predicted octanol–water partition coefficient (Wildman–Crippen LogP) is 1.96. The van der Waals surface area contributed by atoms with E-state index in [0.29, 0.717) is 17.1 Å². The quantitative estimate of drug-likeness (QED) is 0.698. The van der Waals surface area contributed by atoms with Gasteiger partial charge < -0.3 is 19.3 Å². The van der Waals surface area contributed by atoms with Crippen LogP contribution in [0.1, 0.15) is 31.9 Å². The first kappa shape index (κ1) is 18.3. The van der Waals surface area contributed by atoms with Gasteiger partial charge in [0.05, 0.1) is 17.5 Å². The van der Waals surface area contributed by atoms with Crippen molar-refractivity contribution in [3.05, 3.63) is 23.8 Å². The molecular formula is C18H19N3O4S2. The molecule has 2 amide bonds. The van der Waals surface area contributed by atoms with E-state index in [2.05, 4.69) is 31.3 Å². The maximum Gasteiger partial charge on any atom is 0.260 e. The monoisotopic (exact) mass is 405 g/mol. The lowest BCUT2D eigenvalue weighted by molar-refractivity contribution is -0.163. The minimum absolute atomic E-state index is 0.109. The first-order chi connectivity index (χ1) is 12.6. The van der Waals surface area contributed by atoms with Gasteiger partial charge in [-0.15, -0.1) is 25.3 Å². The second-order valence-corrected chi connectivity index (χ2v) is 9.21. The summed E-state index contributed by atoms with van der Waals surface area (Å²) in [7, 11) is 1.53. The summed E-state index contributed by atoms with van der Waals surface area (Å²) >= 11 is 9.07. The van der Waals surface area contributed by atoms with Crippen LogP contribution in [0.3, 0.4) is 0 Å². The number of nitriles is 1. The van der Waals surface area contributed by atoms with Crippen LogP contribution in [0.5, 0.6) is 11.5 Å². The van der Waals surface area contributed by atoms with Crippen molar-refractivity contribution in [2.75, 3.05) is 13.8 Å². The molecule has 2 saturated heterocycles. The summed E-state index contributed by atoms with van der Waals surface area (Å²) in [4.78, 5) is 26.4. The Hall–Kier alpha value is -2.05. The number of nitrogens with zero attached hydrogens (tertiary/aromatic N) is 3. The third-order valence-corrected chi connectivity index (χ3v) is 6.82. The molecule has 0 aliphatic carbocycles. The van der Waals surface area contributed by atoms with Gasteiger partial charge in [0.1, 0.15) is 0 Å². The van der Waals surface area contributed by atoms with Crippen molar-refractivity contribution in [1.29, 1.82) is 5.26 Å². The third kappa shape index (κ3) is 2.23. The van der Waals surface area contributed by atoms with Crippen molar-refractivity contribution >= 4 is 37.1 Å². The van der Waals surface area contributed by atoms with Crippen LogP contribution in [0, 0.1) is 16.7 Å². The van der Waals surface area contributed by atoms with Gasteiger partial charge in [-0.25, -0.2) is 0 Å². The molecular weight excluding hydrogens is 386 g/mol. The van der Waals surface area contributed by atoms with Gasteiger partial charge in [0.2, 0.25) is 6.79 Å². The highest BCUT2D eigenvalue weighted by Gasteiger charge is 2.68. The molecule has 3 aliphatic heterocycles. The summed E-state index contributed by atoms with van der Waals surface area (Å²) in [6.07, 6.45) is 0.109. The Morgan fingerprint density at radius 1 is 1.19 bits per heavy atom. The van der Waals surface area contributed by atoms with E-state index in [1.165, 1.54) is 16.8 Å². The topological polar surface area (TPSA) is 82.9 Å². The van der Waals surface area contributed by atoms with E-state index in [1.54, 1.807) is 32.0 Å². The zero-order valence-electron chi connectivity index (χ0n) is 15.1. The molecule has 0 bridgehead atoms. The molecule has 4 atom stereocenters. The molecule has 0 unspecified atom stereocenters. The van der Waals surface area contributed by atoms with E-state index in [-0.39, 0.29) is 25.0 Å². The summed E-state index contributed by atoms with van der Waals surface area (Å²) in [5.74, 6) is 0.426. The highest BCUT2D eigenvalue weighted by atomic mass is 32.1. The van der Waals surface area contributed by atoms with Crippen molar-refractivity contribution in [3.63, 3.8) is 0 Å². The van der Waals surface area contributed by atoms with Crippen molar-refractivity contribution in [2.24, 2.45) is 5.41 Å². The Morgan fingerprint density at radius 2 is 1.85 bits per heavy atom. The van der Waals surface area contributed by atoms with Gasteiger partial charge in [0, 0.05) is 13.5 Å². The number of benzene rings is 1. The molecule has 3 heterocycles. The van der Waals surface area contributed by atoms with Crippen molar-refractivity contribution in [1.82, 2.24) is 9.80 Å². The van der Waals surface area contributed by atoms with Crippen LogP contribution in [-0.2, 0) is 9.59 Å². The standard InChI is InChI=1S/C18H19N3O4S2/c1-16(8-19)7-18(27)15(23)20(3)17(2,26)14(22)21(18)13(16)10-4-5-11-12(6-10)25-9-24-11/h4-6,13,26-27H,7,9H2,1-3H3/t13-,16+,17-,18-/m0/s1. The molecule has 1 aromatic carbocycles. The minimum Gasteiger partial charge on any atom is -0.454 e. The average molecular weight is 406 g/mol. The number of likely N-dealkylation sites (N-methyl/N-ethyl adjacent to an activating group) is 1. The molecule has 0 spiro atoms. The first-order valence-corrected chi connectivity index (χ1v) is 9.33. The largest absolute Gasteiger partial charge is 0.454 e. The third-order valence-electron chi connectivity index (χ3n) is 5.77. The summed E-state index contributed by atoms with van der Waals surface area (Å²) in [5, 5.41) is 9.96. The molecule has 4 rings (SSSR count). The van der Waals surface area contributed by atoms with E-state index in [1.807, 2.05) is 0 Å². The van der Waals surface area contributed by atoms with Crippen LogP contribution < -0.4 is 9.47 Å². The maximum atomic E-state index is 13.4. The molecule has 0 N–H and O–H groups in total. The van der Waals surface area contributed by atoms with Crippen LogP contribution in [0.4, 0.5) is 0 Å². The SMILES string of the molecule is CN1C(=O)[C@@]2(S)C[C@](C)(C#N)[C@H](c3ccc4c(c3)OCO4)N2C(=O)[C@]1(C)S. The first-order valence-electron chi connectivity index (χ1n) is 8.44. The van der Waals surface area contributed by atoms with Crippen LogP contribution in [0.25, 0.3) is 0 Å². The number of carbonyl (C=O) groups is 2. The van der Waals surface area contributed by atoms with E-state index >= 15 is 0 Å². The lowest BCUT2D eigenvalue weighted by Gasteiger charge is -2.50. The number of thiol groups is 2. The number of ether oxygens (including phenoxy) is 2. The van der Waals surface area contributed by atoms with Crippen LogP contribution in [-0.4, -0.2) is 45.2 Å². The van der Waals surface area contributed by atoms with E-state index < -0.39 is 21.2 Å². The number of amides is 2. The summed E-state index contributed by atoms with van der Waals surface area (Å²) in [6.45, 7) is 3.44. The van der Waals surface area contributed by atoms with Crippen molar-refractivity contribution in [2.45, 2.75) is 36.1 Å². The Balaban J connectivity index is 1.91. The summed E-state index contributed by atoms with van der Waals surface area (Å²) in [5.41, 5.74) is -0.329. The Morgan fingerprint density at radius 3 is 2.52 bits per heavy atom. The number of hydrogen-bond donors (Lipinski definition) is 2. The zero-order chi connectivity index (χ0) is 19.8. The van der Waals surface area contributed by atoms with Gasteiger partial charge >= 0.3 is 0 Å². The van der Waals surface area contributed by atoms with E-state index in [4.69, 9.17) is 9.47 Å². The van der Waals surface area contributed by atoms with Gasteiger partial charge in [-0.1, -0.05) is 6.07 Å². The number of hydrogen-bond acceptors (Lipinski definition) is 7. The Kier molecular flexibility index (Phi) is 3.72. The molecule has 0 radical (unpaired) electrons. The molecule has 27 heavy (non-hydrogen) atoms. The molecule has 3 aliphatic rings. The second kappa shape index (κ2) is 5.49. The lowest BCUT2D eigenvalue weighted by atomic mass is 9.79. The van der Waals surface area contributed by atoms with Crippen LogP contribution in [0.15, 0.2) is 18.2 Å². The zero-order valence-corrected chi connectivity index (χ0v) is 16.9. The van der Waals surface area contributed by atoms with Gasteiger partial charge in [0.15, 0.2) is 21.2 Å². The molecule has 0 saturated carbocycles. The number of fused-ring (bicyclic) bond motifs is 2. The molecule has 142 valence electrons. The highest BCUT2D eigenvalue weighted by Crippen LogP contribution is 2.59. The fraction of sp³-hybridized carbons (Fsp3) is 0.500. The maximum absolute atomic E-state index is 13.4.